The molecule has 3 heterocycles. The second-order valence-corrected chi connectivity index (χ2v) is 6.45. The van der Waals surface area contributed by atoms with Gasteiger partial charge in [-0.05, 0) is 24.5 Å². The number of benzene rings is 1. The molecule has 0 radical (unpaired) electrons. The summed E-state index contributed by atoms with van der Waals surface area (Å²) in [7, 11) is 3.02. The summed E-state index contributed by atoms with van der Waals surface area (Å²) in [6.45, 7) is 2.13. The summed E-state index contributed by atoms with van der Waals surface area (Å²) in [6, 6.07) is 10.7. The molecule has 2 aliphatic heterocycles. The molecule has 0 saturated carbocycles. The first kappa shape index (κ1) is 16.2. The highest BCUT2D eigenvalue weighted by molar-refractivity contribution is 5.81. The second-order valence-electron chi connectivity index (χ2n) is 6.45. The molecule has 0 aliphatic carbocycles. The van der Waals surface area contributed by atoms with Crippen molar-refractivity contribution in [1.82, 2.24) is 9.97 Å². The van der Waals surface area contributed by atoms with Crippen molar-refractivity contribution in [1.29, 1.82) is 10.5 Å². The van der Waals surface area contributed by atoms with Crippen LogP contribution in [0.15, 0.2) is 18.2 Å². The van der Waals surface area contributed by atoms with Crippen LogP contribution in [0.3, 0.4) is 0 Å². The number of ether oxygens (including phenoxy) is 2. The van der Waals surface area contributed by atoms with Crippen molar-refractivity contribution in [2.24, 2.45) is 5.92 Å². The summed E-state index contributed by atoms with van der Waals surface area (Å²) >= 11 is 0. The number of rotatable bonds is 3. The third kappa shape index (κ3) is 2.04. The molecular formula is C19H17N5O2. The molecule has 4 rings (SSSR count). The minimum atomic E-state index is -0.871. The van der Waals surface area contributed by atoms with Crippen LogP contribution < -0.4 is 14.4 Å². The first-order chi connectivity index (χ1) is 12.6. The number of hydrogen-bond acceptors (Lipinski definition) is 7. The van der Waals surface area contributed by atoms with E-state index in [9.17, 15) is 10.5 Å². The van der Waals surface area contributed by atoms with Crippen molar-refractivity contribution in [2.45, 2.75) is 25.3 Å². The van der Waals surface area contributed by atoms with Crippen molar-refractivity contribution in [3.63, 3.8) is 0 Å². The van der Waals surface area contributed by atoms with Crippen LogP contribution in [-0.4, -0.2) is 30.2 Å². The number of para-hydroxylation sites is 1. The fourth-order valence-corrected chi connectivity index (χ4v) is 4.07. The summed E-state index contributed by atoms with van der Waals surface area (Å²) in [4.78, 5) is 11.0. The smallest absolute Gasteiger partial charge is 0.321 e. The molecule has 2 unspecified atom stereocenters. The van der Waals surface area contributed by atoms with Crippen LogP contribution in [0.1, 0.15) is 29.5 Å². The fourth-order valence-electron chi connectivity index (χ4n) is 4.07. The summed E-state index contributed by atoms with van der Waals surface area (Å²) in [5, 5.41) is 19.2. The van der Waals surface area contributed by atoms with Gasteiger partial charge in [0.2, 0.25) is 5.88 Å². The molecule has 0 fully saturated rings. The lowest BCUT2D eigenvalue weighted by molar-refractivity contribution is 0.346. The van der Waals surface area contributed by atoms with Gasteiger partial charge in [0.15, 0.2) is 0 Å². The molecule has 0 bridgehead atoms. The Balaban J connectivity index is 2.09. The van der Waals surface area contributed by atoms with E-state index in [-0.39, 0.29) is 12.1 Å². The summed E-state index contributed by atoms with van der Waals surface area (Å²) in [5.74, 6) is -0.358. The monoisotopic (exact) mass is 347 g/mol. The molecule has 0 N–H and O–H groups in total. The van der Waals surface area contributed by atoms with E-state index in [1.165, 1.54) is 19.8 Å². The zero-order valence-electron chi connectivity index (χ0n) is 14.7. The van der Waals surface area contributed by atoms with Crippen LogP contribution in [0.5, 0.6) is 11.9 Å². The summed E-state index contributed by atoms with van der Waals surface area (Å²) in [5.41, 5.74) is 3.84. The molecule has 7 heteroatoms. The predicted molar refractivity (Wildman–Crippen MR) is 93.4 cm³/mol. The molecule has 0 amide bonds. The Morgan fingerprint density at radius 2 is 1.96 bits per heavy atom. The number of methoxy groups -OCH3 is 2. The van der Waals surface area contributed by atoms with Crippen LogP contribution in [0.2, 0.25) is 0 Å². The van der Waals surface area contributed by atoms with Crippen LogP contribution >= 0.6 is 0 Å². The molecule has 1 aromatic heterocycles. The topological polar surface area (TPSA) is 95.1 Å². The van der Waals surface area contributed by atoms with Gasteiger partial charge in [-0.2, -0.15) is 20.5 Å². The molecule has 1 aromatic carbocycles. The molecule has 2 aromatic rings. The molecule has 2 atom stereocenters. The molecule has 130 valence electrons. The van der Waals surface area contributed by atoms with Gasteiger partial charge >= 0.3 is 6.01 Å². The number of hydrogen-bond donors (Lipinski definition) is 0. The van der Waals surface area contributed by atoms with Crippen LogP contribution in [0.4, 0.5) is 11.5 Å². The first-order valence-electron chi connectivity index (χ1n) is 8.34. The van der Waals surface area contributed by atoms with Gasteiger partial charge in [-0.15, -0.1) is 0 Å². The Hall–Kier alpha value is -3.32. The maximum atomic E-state index is 9.60. The van der Waals surface area contributed by atoms with Gasteiger partial charge < -0.3 is 14.4 Å². The van der Waals surface area contributed by atoms with Gasteiger partial charge in [-0.25, -0.2) is 0 Å². The van der Waals surface area contributed by atoms with Crippen molar-refractivity contribution in [3.05, 3.63) is 34.9 Å². The van der Waals surface area contributed by atoms with E-state index in [1.807, 2.05) is 12.1 Å². The van der Waals surface area contributed by atoms with Crippen LogP contribution in [0, 0.1) is 28.6 Å². The van der Waals surface area contributed by atoms with Gasteiger partial charge in [0.1, 0.15) is 11.7 Å². The normalized spacial score (nSPS) is 19.4. The van der Waals surface area contributed by atoms with Crippen LogP contribution in [0.25, 0.3) is 0 Å². The third-order valence-electron chi connectivity index (χ3n) is 5.08. The Morgan fingerprint density at radius 1 is 1.19 bits per heavy atom. The Labute approximate surface area is 151 Å². The highest BCUT2D eigenvalue weighted by Crippen LogP contribution is 2.55. The molecule has 0 saturated heterocycles. The zero-order valence-corrected chi connectivity index (χ0v) is 14.7. The SMILES string of the molecule is COc1nc(OC)c2c(n1)N1c3c(cccc3C2C(C#N)C#N)CC1C. The van der Waals surface area contributed by atoms with Crippen molar-refractivity contribution in [3.8, 4) is 24.0 Å². The Bertz CT molecular complexity index is 961. The fraction of sp³-hybridized carbons (Fsp3) is 0.368. The van der Waals surface area contributed by atoms with E-state index in [4.69, 9.17) is 9.47 Å². The number of nitriles is 2. The lowest BCUT2D eigenvalue weighted by atomic mass is 9.79. The van der Waals surface area contributed by atoms with Crippen molar-refractivity contribution in [2.75, 3.05) is 19.1 Å². The molecular weight excluding hydrogens is 330 g/mol. The minimum absolute atomic E-state index is 0.192. The molecule has 26 heavy (non-hydrogen) atoms. The third-order valence-corrected chi connectivity index (χ3v) is 5.08. The number of nitrogens with zero attached hydrogens (tertiary/aromatic N) is 5. The van der Waals surface area contributed by atoms with Crippen LogP contribution in [-0.2, 0) is 6.42 Å². The van der Waals surface area contributed by atoms with E-state index in [1.54, 1.807) is 0 Å². The van der Waals surface area contributed by atoms with E-state index < -0.39 is 11.8 Å². The zero-order chi connectivity index (χ0) is 18.4. The average molecular weight is 347 g/mol. The van der Waals surface area contributed by atoms with E-state index in [0.717, 1.165) is 17.7 Å². The first-order valence-corrected chi connectivity index (χ1v) is 8.34. The largest absolute Gasteiger partial charge is 0.481 e. The van der Waals surface area contributed by atoms with Gasteiger partial charge in [-0.3, -0.25) is 0 Å². The van der Waals surface area contributed by atoms with E-state index in [2.05, 4.69) is 40.0 Å². The second kappa shape index (κ2) is 5.89. The average Bonchev–Trinajstić information content (AvgIpc) is 3.01. The van der Waals surface area contributed by atoms with Gasteiger partial charge in [-0.1, -0.05) is 18.2 Å². The Kier molecular flexibility index (Phi) is 3.66. The standard InChI is InChI=1S/C19H17N5O2/c1-10-7-11-5-4-6-13-14(12(8-20)9-21)15-17(24(10)16(11)13)22-19(26-3)23-18(15)25-2/h4-6,10,12,14H,7H2,1-3H3. The van der Waals surface area contributed by atoms with Gasteiger partial charge in [0.05, 0.1) is 31.9 Å². The quantitative estimate of drug-likeness (QED) is 0.842. The lowest BCUT2D eigenvalue weighted by Gasteiger charge is -2.36. The lowest BCUT2D eigenvalue weighted by Crippen LogP contribution is -2.32. The predicted octanol–water partition coefficient (Wildman–Crippen LogP) is 2.69. The Morgan fingerprint density at radius 3 is 2.62 bits per heavy atom. The summed E-state index contributed by atoms with van der Waals surface area (Å²) in [6.07, 6.45) is 0.869. The minimum Gasteiger partial charge on any atom is -0.481 e. The highest BCUT2D eigenvalue weighted by atomic mass is 16.5. The maximum absolute atomic E-state index is 9.60. The van der Waals surface area contributed by atoms with Crippen molar-refractivity contribution >= 4 is 11.5 Å². The van der Waals surface area contributed by atoms with E-state index in [0.29, 0.717) is 17.3 Å². The van der Waals surface area contributed by atoms with E-state index >= 15 is 0 Å². The molecule has 0 spiro atoms. The summed E-state index contributed by atoms with van der Waals surface area (Å²) < 4.78 is 10.8. The van der Waals surface area contributed by atoms with Crippen molar-refractivity contribution < 1.29 is 9.47 Å². The van der Waals surface area contributed by atoms with Gasteiger partial charge in [0, 0.05) is 17.6 Å². The number of aromatic nitrogens is 2. The number of fused-ring (bicyclic) bond motifs is 2. The maximum Gasteiger partial charge on any atom is 0.321 e. The number of anilines is 2. The van der Waals surface area contributed by atoms with Gasteiger partial charge in [0.25, 0.3) is 0 Å². The highest BCUT2D eigenvalue weighted by Gasteiger charge is 2.44. The molecule has 7 nitrogen and oxygen atoms in total. The molecule has 2 aliphatic rings.